The second-order valence-corrected chi connectivity index (χ2v) is 5.76. The second kappa shape index (κ2) is 8.03. The molecule has 116 valence electrons. The Morgan fingerprint density at radius 3 is 2.76 bits per heavy atom. The van der Waals surface area contributed by atoms with Gasteiger partial charge in [-0.15, -0.1) is 0 Å². The molecule has 1 heterocycles. The molecule has 1 amide bonds. The summed E-state index contributed by atoms with van der Waals surface area (Å²) in [5.74, 6) is 1.14. The first-order chi connectivity index (χ1) is 10.2. The van der Waals surface area contributed by atoms with Crippen LogP contribution >= 0.6 is 0 Å². The summed E-state index contributed by atoms with van der Waals surface area (Å²) in [5, 5.41) is 3.38. The third-order valence-electron chi connectivity index (χ3n) is 4.13. The van der Waals surface area contributed by atoms with Gasteiger partial charge in [0, 0.05) is 26.1 Å². The monoisotopic (exact) mass is 290 g/mol. The summed E-state index contributed by atoms with van der Waals surface area (Å²) in [6.07, 6.45) is 4.94. The molecule has 1 aromatic carbocycles. The van der Waals surface area contributed by atoms with Gasteiger partial charge >= 0.3 is 0 Å². The minimum absolute atomic E-state index is 0.254. The topological polar surface area (TPSA) is 41.6 Å². The minimum atomic E-state index is 0.254. The summed E-state index contributed by atoms with van der Waals surface area (Å²) in [6, 6.07) is 8.53. The van der Waals surface area contributed by atoms with Gasteiger partial charge < -0.3 is 15.0 Å². The number of rotatable bonds is 7. The summed E-state index contributed by atoms with van der Waals surface area (Å²) in [4.78, 5) is 14.0. The van der Waals surface area contributed by atoms with E-state index in [1.54, 1.807) is 7.11 Å². The molecule has 0 bridgehead atoms. The fourth-order valence-corrected chi connectivity index (χ4v) is 2.73. The molecule has 0 radical (unpaired) electrons. The zero-order chi connectivity index (χ0) is 15.1. The molecule has 0 spiro atoms. The fraction of sp³-hybridized carbons (Fsp3) is 0.588. The van der Waals surface area contributed by atoms with Crippen molar-refractivity contribution >= 4 is 5.91 Å². The third-order valence-corrected chi connectivity index (χ3v) is 4.13. The van der Waals surface area contributed by atoms with Crippen molar-refractivity contribution in [3.63, 3.8) is 0 Å². The number of hydrogen-bond donors (Lipinski definition) is 1. The van der Waals surface area contributed by atoms with E-state index in [2.05, 4.69) is 17.4 Å². The van der Waals surface area contributed by atoms with Gasteiger partial charge in [-0.1, -0.05) is 12.1 Å². The van der Waals surface area contributed by atoms with E-state index >= 15 is 0 Å². The molecular formula is C17H26N2O2. The molecule has 1 aromatic rings. The number of hydrogen-bond acceptors (Lipinski definition) is 3. The Balaban J connectivity index is 1.67. The first-order valence-electron chi connectivity index (χ1n) is 7.79. The number of methoxy groups -OCH3 is 1. The van der Waals surface area contributed by atoms with Crippen molar-refractivity contribution in [1.82, 2.24) is 10.2 Å². The van der Waals surface area contributed by atoms with Gasteiger partial charge in [-0.3, -0.25) is 4.79 Å². The largest absolute Gasteiger partial charge is 0.497 e. The van der Waals surface area contributed by atoms with Crippen LogP contribution in [0.5, 0.6) is 5.75 Å². The SMILES string of the molecule is COc1ccc(CCCN(C)C(=O)CC2CCCN2)cc1. The Labute approximate surface area is 127 Å². The van der Waals surface area contributed by atoms with Crippen molar-refractivity contribution in [2.45, 2.75) is 38.1 Å². The molecule has 4 heteroatoms. The molecular weight excluding hydrogens is 264 g/mol. The van der Waals surface area contributed by atoms with Crippen molar-refractivity contribution < 1.29 is 9.53 Å². The van der Waals surface area contributed by atoms with E-state index in [9.17, 15) is 4.79 Å². The minimum Gasteiger partial charge on any atom is -0.497 e. The number of nitrogens with zero attached hydrogens (tertiary/aromatic N) is 1. The van der Waals surface area contributed by atoms with E-state index in [0.717, 1.165) is 38.1 Å². The van der Waals surface area contributed by atoms with Gasteiger partial charge in [-0.25, -0.2) is 0 Å². The molecule has 1 aliphatic heterocycles. The molecule has 1 unspecified atom stereocenters. The van der Waals surface area contributed by atoms with E-state index in [1.165, 1.54) is 12.0 Å². The Morgan fingerprint density at radius 2 is 2.14 bits per heavy atom. The van der Waals surface area contributed by atoms with Gasteiger partial charge in [-0.2, -0.15) is 0 Å². The van der Waals surface area contributed by atoms with Crippen LogP contribution in [0.2, 0.25) is 0 Å². The van der Waals surface area contributed by atoms with Crippen LogP contribution in [0.15, 0.2) is 24.3 Å². The highest BCUT2D eigenvalue weighted by atomic mass is 16.5. The Hall–Kier alpha value is -1.55. The van der Waals surface area contributed by atoms with Gasteiger partial charge in [0.15, 0.2) is 0 Å². The van der Waals surface area contributed by atoms with Gasteiger partial charge in [0.2, 0.25) is 5.91 Å². The molecule has 1 N–H and O–H groups in total. The zero-order valence-corrected chi connectivity index (χ0v) is 13.1. The van der Waals surface area contributed by atoms with Gasteiger partial charge in [0.1, 0.15) is 5.75 Å². The summed E-state index contributed by atoms with van der Waals surface area (Å²) in [6.45, 7) is 1.87. The molecule has 21 heavy (non-hydrogen) atoms. The predicted octanol–water partition coefficient (Wildman–Crippen LogP) is 2.23. The first-order valence-corrected chi connectivity index (χ1v) is 7.79. The van der Waals surface area contributed by atoms with Crippen LogP contribution in [0, 0.1) is 0 Å². The number of carbonyl (C=O) groups is 1. The van der Waals surface area contributed by atoms with Crippen LogP contribution in [0.25, 0.3) is 0 Å². The molecule has 0 aliphatic carbocycles. The predicted molar refractivity (Wildman–Crippen MR) is 84.6 cm³/mol. The number of ether oxygens (including phenoxy) is 1. The lowest BCUT2D eigenvalue weighted by atomic mass is 10.1. The maximum Gasteiger partial charge on any atom is 0.223 e. The average molecular weight is 290 g/mol. The van der Waals surface area contributed by atoms with Gasteiger partial charge in [-0.05, 0) is 49.9 Å². The molecule has 0 saturated carbocycles. The van der Waals surface area contributed by atoms with Crippen LogP contribution in [-0.2, 0) is 11.2 Å². The van der Waals surface area contributed by atoms with E-state index in [4.69, 9.17) is 4.74 Å². The number of carbonyl (C=O) groups excluding carboxylic acids is 1. The quantitative estimate of drug-likeness (QED) is 0.837. The van der Waals surface area contributed by atoms with E-state index in [0.29, 0.717) is 12.5 Å². The van der Waals surface area contributed by atoms with E-state index < -0.39 is 0 Å². The molecule has 1 saturated heterocycles. The van der Waals surface area contributed by atoms with E-state index in [-0.39, 0.29) is 5.91 Å². The van der Waals surface area contributed by atoms with Gasteiger partial charge in [0.25, 0.3) is 0 Å². The van der Waals surface area contributed by atoms with Crippen molar-refractivity contribution in [2.24, 2.45) is 0 Å². The molecule has 0 aromatic heterocycles. The Kier molecular flexibility index (Phi) is 6.05. The maximum atomic E-state index is 12.1. The average Bonchev–Trinajstić information content (AvgIpc) is 3.00. The number of benzene rings is 1. The van der Waals surface area contributed by atoms with Crippen LogP contribution < -0.4 is 10.1 Å². The van der Waals surface area contributed by atoms with Crippen LogP contribution in [0.4, 0.5) is 0 Å². The van der Waals surface area contributed by atoms with Crippen LogP contribution in [-0.4, -0.2) is 44.1 Å². The Bertz CT molecular complexity index is 439. The number of amides is 1. The van der Waals surface area contributed by atoms with E-state index in [1.807, 2.05) is 24.1 Å². The highest BCUT2D eigenvalue weighted by Crippen LogP contribution is 2.13. The fourth-order valence-electron chi connectivity index (χ4n) is 2.73. The third kappa shape index (κ3) is 5.05. The molecule has 2 rings (SSSR count). The maximum absolute atomic E-state index is 12.1. The van der Waals surface area contributed by atoms with Crippen molar-refractivity contribution in [3.8, 4) is 5.75 Å². The normalized spacial score (nSPS) is 17.7. The standard InChI is InChI=1S/C17H26N2O2/c1-19(17(20)13-15-6-3-11-18-15)12-4-5-14-7-9-16(21-2)10-8-14/h7-10,15,18H,3-6,11-13H2,1-2H3. The lowest BCUT2D eigenvalue weighted by Gasteiger charge is -2.19. The zero-order valence-electron chi connectivity index (χ0n) is 13.1. The van der Waals surface area contributed by atoms with Crippen molar-refractivity contribution in [3.05, 3.63) is 29.8 Å². The molecule has 1 aliphatic rings. The summed E-state index contributed by atoms with van der Waals surface area (Å²) < 4.78 is 5.15. The lowest BCUT2D eigenvalue weighted by Crippen LogP contribution is -2.34. The Morgan fingerprint density at radius 1 is 1.38 bits per heavy atom. The van der Waals surface area contributed by atoms with Crippen LogP contribution in [0.3, 0.4) is 0 Å². The summed E-state index contributed by atoms with van der Waals surface area (Å²) in [5.41, 5.74) is 1.29. The molecule has 1 fully saturated rings. The number of nitrogens with one attached hydrogen (secondary N) is 1. The smallest absolute Gasteiger partial charge is 0.223 e. The van der Waals surface area contributed by atoms with Crippen molar-refractivity contribution in [1.29, 1.82) is 0 Å². The van der Waals surface area contributed by atoms with Crippen molar-refractivity contribution in [2.75, 3.05) is 27.2 Å². The first kappa shape index (κ1) is 15.8. The highest BCUT2D eigenvalue weighted by Gasteiger charge is 2.19. The summed E-state index contributed by atoms with van der Waals surface area (Å²) in [7, 11) is 3.58. The molecule has 1 atom stereocenters. The molecule has 4 nitrogen and oxygen atoms in total. The summed E-state index contributed by atoms with van der Waals surface area (Å²) >= 11 is 0. The van der Waals surface area contributed by atoms with Gasteiger partial charge in [0.05, 0.1) is 7.11 Å². The number of aryl methyl sites for hydroxylation is 1. The second-order valence-electron chi connectivity index (χ2n) is 5.76. The highest BCUT2D eigenvalue weighted by molar-refractivity contribution is 5.76. The lowest BCUT2D eigenvalue weighted by molar-refractivity contribution is -0.130. The van der Waals surface area contributed by atoms with Crippen LogP contribution in [0.1, 0.15) is 31.2 Å².